The highest BCUT2D eigenvalue weighted by atomic mass is 19.4. The quantitative estimate of drug-likeness (QED) is 0.325. The molecule has 1 N–H and O–H groups in total. The topological polar surface area (TPSA) is 29.3 Å². The molecule has 0 amide bonds. The lowest BCUT2D eigenvalue weighted by Crippen LogP contribution is -2.58. The molecule has 1 heterocycles. The smallest absolute Gasteiger partial charge is 0.342 e. The zero-order chi connectivity index (χ0) is 19.9. The summed E-state index contributed by atoms with van der Waals surface area (Å²) < 4.78 is 90.4. The molecule has 0 saturated heterocycles. The largest absolute Gasteiger partial charge is 0.462 e. The standard InChI is InChI=1S/C16H16F7N3/c1-9(2)26-10(3)12(11-6-4-5-7-13(11)26)8-24-25-16(22,23)14(17,18)15(19,20)21/h4-9,25H,1-3H3/b24-8-. The van der Waals surface area contributed by atoms with Crippen molar-refractivity contribution in [2.24, 2.45) is 5.10 Å². The van der Waals surface area contributed by atoms with Crippen LogP contribution in [0, 0.1) is 6.92 Å². The van der Waals surface area contributed by atoms with Gasteiger partial charge in [-0.1, -0.05) is 18.2 Å². The second-order valence-corrected chi connectivity index (χ2v) is 6.00. The fraction of sp³-hybridized carbons (Fsp3) is 0.438. The van der Waals surface area contributed by atoms with Gasteiger partial charge >= 0.3 is 18.1 Å². The first-order chi connectivity index (χ1) is 11.8. The maximum atomic E-state index is 13.2. The van der Waals surface area contributed by atoms with Gasteiger partial charge in [0, 0.05) is 28.2 Å². The van der Waals surface area contributed by atoms with Crippen LogP contribution in [0.5, 0.6) is 0 Å². The van der Waals surface area contributed by atoms with E-state index in [-0.39, 0.29) is 6.04 Å². The van der Waals surface area contributed by atoms with E-state index in [0.29, 0.717) is 22.1 Å². The van der Waals surface area contributed by atoms with Gasteiger partial charge in [-0.05, 0) is 26.8 Å². The summed E-state index contributed by atoms with van der Waals surface area (Å²) in [6.07, 6.45) is -5.60. The van der Waals surface area contributed by atoms with Crippen molar-refractivity contribution < 1.29 is 30.7 Å². The molecule has 0 radical (unpaired) electrons. The van der Waals surface area contributed by atoms with E-state index in [1.807, 2.05) is 18.4 Å². The Bertz CT molecular complexity index is 819. The zero-order valence-electron chi connectivity index (χ0n) is 14.0. The Balaban J connectivity index is 2.39. The van der Waals surface area contributed by atoms with Crippen LogP contribution in [-0.2, 0) is 0 Å². The number of benzene rings is 1. The molecule has 0 aliphatic rings. The molecule has 2 rings (SSSR count). The van der Waals surface area contributed by atoms with Crippen molar-refractivity contribution in [3.63, 3.8) is 0 Å². The minimum atomic E-state index is -6.41. The van der Waals surface area contributed by atoms with Gasteiger partial charge in [-0.25, -0.2) is 5.43 Å². The maximum Gasteiger partial charge on any atom is 0.462 e. The van der Waals surface area contributed by atoms with E-state index in [2.05, 4.69) is 5.10 Å². The Kier molecular flexibility index (Phi) is 5.00. The number of hydrazone groups is 1. The van der Waals surface area contributed by atoms with Crippen LogP contribution in [0.1, 0.15) is 31.1 Å². The molecule has 0 atom stereocenters. The Hall–Kier alpha value is -2.26. The van der Waals surface area contributed by atoms with E-state index in [1.54, 1.807) is 31.2 Å². The molecule has 0 unspecified atom stereocenters. The van der Waals surface area contributed by atoms with Gasteiger partial charge in [0.15, 0.2) is 0 Å². The predicted octanol–water partition coefficient (Wildman–Crippen LogP) is 5.24. The van der Waals surface area contributed by atoms with Crippen molar-refractivity contribution in [1.82, 2.24) is 9.99 Å². The molecule has 144 valence electrons. The number of aromatic nitrogens is 1. The molecule has 3 nitrogen and oxygen atoms in total. The third-order valence-electron chi connectivity index (χ3n) is 3.87. The Labute approximate surface area is 144 Å². The van der Waals surface area contributed by atoms with Crippen molar-refractivity contribution in [3.05, 3.63) is 35.5 Å². The van der Waals surface area contributed by atoms with Gasteiger partial charge in [0.05, 0.1) is 6.21 Å². The molecule has 0 aliphatic carbocycles. The van der Waals surface area contributed by atoms with E-state index in [4.69, 9.17) is 0 Å². The van der Waals surface area contributed by atoms with E-state index in [9.17, 15) is 30.7 Å². The fourth-order valence-electron chi connectivity index (χ4n) is 2.67. The molecule has 26 heavy (non-hydrogen) atoms. The number of hydrogen-bond donors (Lipinski definition) is 1. The minimum absolute atomic E-state index is 0.00557. The summed E-state index contributed by atoms with van der Waals surface area (Å²) in [5.74, 6) is -6.27. The second kappa shape index (κ2) is 6.48. The summed E-state index contributed by atoms with van der Waals surface area (Å²) in [7, 11) is 0. The number of fused-ring (bicyclic) bond motifs is 1. The Morgan fingerprint density at radius 1 is 1.04 bits per heavy atom. The third kappa shape index (κ3) is 3.24. The van der Waals surface area contributed by atoms with Crippen LogP contribution in [0.2, 0.25) is 0 Å². The van der Waals surface area contributed by atoms with Gasteiger partial charge in [-0.2, -0.15) is 35.8 Å². The number of rotatable bonds is 5. The van der Waals surface area contributed by atoms with Gasteiger partial charge in [-0.3, -0.25) is 0 Å². The van der Waals surface area contributed by atoms with Gasteiger partial charge in [0.2, 0.25) is 0 Å². The van der Waals surface area contributed by atoms with Crippen molar-refractivity contribution in [1.29, 1.82) is 0 Å². The molecule has 2 aromatic rings. The number of hydrogen-bond acceptors (Lipinski definition) is 2. The van der Waals surface area contributed by atoms with Crippen LogP contribution in [0.3, 0.4) is 0 Å². The van der Waals surface area contributed by atoms with Crippen LogP contribution in [-0.4, -0.2) is 28.9 Å². The number of alkyl halides is 7. The molecule has 0 fully saturated rings. The number of para-hydroxylation sites is 1. The highest BCUT2D eigenvalue weighted by Gasteiger charge is 2.73. The highest BCUT2D eigenvalue weighted by Crippen LogP contribution is 2.45. The summed E-state index contributed by atoms with van der Waals surface area (Å²) in [5.41, 5.74) is 2.35. The fourth-order valence-corrected chi connectivity index (χ4v) is 2.67. The van der Waals surface area contributed by atoms with E-state index >= 15 is 0 Å². The number of nitrogens with zero attached hydrogens (tertiary/aromatic N) is 2. The average Bonchev–Trinajstić information content (AvgIpc) is 2.78. The van der Waals surface area contributed by atoms with Crippen LogP contribution in [0.4, 0.5) is 30.7 Å². The molecule has 0 aliphatic heterocycles. The first kappa shape index (κ1) is 20.1. The summed E-state index contributed by atoms with van der Waals surface area (Å²) in [6, 6.07) is 1.31. The maximum absolute atomic E-state index is 13.2. The summed E-state index contributed by atoms with van der Waals surface area (Å²) >= 11 is 0. The van der Waals surface area contributed by atoms with Crippen LogP contribution < -0.4 is 5.43 Å². The lowest BCUT2D eigenvalue weighted by atomic mass is 10.1. The molecule has 1 aromatic carbocycles. The summed E-state index contributed by atoms with van der Waals surface area (Å²) in [5, 5.41) is 3.56. The van der Waals surface area contributed by atoms with Crippen molar-refractivity contribution in [2.75, 3.05) is 0 Å². The van der Waals surface area contributed by atoms with Crippen LogP contribution in [0.15, 0.2) is 29.4 Å². The molecule has 10 heteroatoms. The van der Waals surface area contributed by atoms with Gasteiger partial charge < -0.3 is 4.57 Å². The van der Waals surface area contributed by atoms with E-state index < -0.39 is 18.1 Å². The molecule has 0 bridgehead atoms. The van der Waals surface area contributed by atoms with Crippen molar-refractivity contribution in [2.45, 2.75) is 45.0 Å². The molecule has 0 spiro atoms. The normalized spacial score (nSPS) is 14.0. The number of nitrogens with one attached hydrogen (secondary N) is 1. The summed E-state index contributed by atoms with van der Waals surface area (Å²) in [4.78, 5) is 0. The first-order valence-corrected chi connectivity index (χ1v) is 7.53. The Morgan fingerprint density at radius 3 is 2.15 bits per heavy atom. The van der Waals surface area contributed by atoms with Crippen molar-refractivity contribution in [3.8, 4) is 0 Å². The lowest BCUT2D eigenvalue weighted by molar-refractivity contribution is -0.361. The van der Waals surface area contributed by atoms with E-state index in [1.165, 1.54) is 0 Å². The van der Waals surface area contributed by atoms with Gasteiger partial charge in [0.25, 0.3) is 0 Å². The van der Waals surface area contributed by atoms with Crippen LogP contribution >= 0.6 is 0 Å². The lowest BCUT2D eigenvalue weighted by Gasteiger charge is -2.27. The predicted molar refractivity (Wildman–Crippen MR) is 83.7 cm³/mol. The van der Waals surface area contributed by atoms with E-state index in [0.717, 1.165) is 11.7 Å². The monoisotopic (exact) mass is 383 g/mol. The second-order valence-electron chi connectivity index (χ2n) is 6.00. The summed E-state index contributed by atoms with van der Waals surface area (Å²) in [6.45, 7) is 5.44. The highest BCUT2D eigenvalue weighted by molar-refractivity contribution is 6.01. The molecule has 1 aromatic heterocycles. The Morgan fingerprint density at radius 2 is 1.62 bits per heavy atom. The third-order valence-corrected chi connectivity index (χ3v) is 3.87. The molecular formula is C16H16F7N3. The molecular weight excluding hydrogens is 367 g/mol. The van der Waals surface area contributed by atoms with Crippen molar-refractivity contribution >= 4 is 17.1 Å². The average molecular weight is 383 g/mol. The minimum Gasteiger partial charge on any atom is -0.342 e. The zero-order valence-corrected chi connectivity index (χ0v) is 14.0. The van der Waals surface area contributed by atoms with Gasteiger partial charge in [-0.15, -0.1) is 0 Å². The van der Waals surface area contributed by atoms with Gasteiger partial charge in [0.1, 0.15) is 0 Å². The first-order valence-electron chi connectivity index (χ1n) is 7.53. The van der Waals surface area contributed by atoms with Crippen LogP contribution in [0.25, 0.3) is 10.9 Å². The SMILES string of the molecule is Cc1c(/C=N\NC(F)(F)C(F)(F)C(F)(F)F)c2ccccc2n1C(C)C. The molecule has 0 saturated carbocycles. The number of halogens is 7.